The summed E-state index contributed by atoms with van der Waals surface area (Å²) < 4.78 is 0. The van der Waals surface area contributed by atoms with Gasteiger partial charge in [-0.25, -0.2) is 0 Å². The lowest BCUT2D eigenvalue weighted by atomic mass is 9.98. The van der Waals surface area contributed by atoms with E-state index in [9.17, 15) is 5.11 Å². The highest BCUT2D eigenvalue weighted by Gasteiger charge is 2.47. The number of hydrogen-bond acceptors (Lipinski definition) is 2. The van der Waals surface area contributed by atoms with Crippen LogP contribution in [0.3, 0.4) is 0 Å². The second-order valence-corrected chi connectivity index (χ2v) is 4.84. The van der Waals surface area contributed by atoms with Gasteiger partial charge in [0, 0.05) is 27.7 Å². The second kappa shape index (κ2) is 3.09. The molecule has 0 aliphatic heterocycles. The largest absolute Gasteiger partial charge is 0.386 e. The summed E-state index contributed by atoms with van der Waals surface area (Å²) >= 11 is 0. The molecule has 3 rings (SSSR count). The third kappa shape index (κ3) is 1.29. The molecular weight excluding hydrogens is 200 g/mol. The van der Waals surface area contributed by atoms with E-state index in [0.717, 1.165) is 35.0 Å². The third-order valence-electron chi connectivity index (χ3n) is 3.59. The molecule has 84 valence electrons. The van der Waals surface area contributed by atoms with Crippen molar-refractivity contribution in [3.8, 4) is 0 Å². The number of rotatable bonds is 2. The fourth-order valence-electron chi connectivity index (χ4n) is 2.36. The molecule has 1 saturated carbocycles. The van der Waals surface area contributed by atoms with E-state index < -0.39 is 11.6 Å². The van der Waals surface area contributed by atoms with Gasteiger partial charge in [0.2, 0.25) is 0 Å². The Morgan fingerprint density at radius 1 is 1.38 bits per heavy atom. The van der Waals surface area contributed by atoms with E-state index in [4.69, 9.17) is 5.73 Å². The summed E-state index contributed by atoms with van der Waals surface area (Å²) in [7, 11) is 0. The summed E-state index contributed by atoms with van der Waals surface area (Å²) in [5.74, 6) is 0. The normalized spacial score (nSPS) is 19.9. The lowest BCUT2D eigenvalue weighted by molar-refractivity contribution is 0.137. The zero-order chi connectivity index (χ0) is 11.3. The Kier molecular flexibility index (Phi) is 1.91. The Morgan fingerprint density at radius 3 is 2.75 bits per heavy atom. The lowest BCUT2D eigenvalue weighted by Crippen LogP contribution is -2.30. The Morgan fingerprint density at radius 2 is 2.06 bits per heavy atom. The average molecular weight is 216 g/mol. The van der Waals surface area contributed by atoms with E-state index in [1.165, 1.54) is 0 Å². The molecule has 0 spiro atoms. The molecule has 1 unspecified atom stereocenters. The molecule has 0 saturated heterocycles. The number of aliphatic hydroxyl groups excluding tert-OH is 1. The first-order valence-corrected chi connectivity index (χ1v) is 5.66. The van der Waals surface area contributed by atoms with E-state index in [2.05, 4.69) is 4.98 Å². The Balaban J connectivity index is 2.18. The van der Waals surface area contributed by atoms with Crippen LogP contribution in [0.4, 0.5) is 0 Å². The first-order chi connectivity index (χ1) is 7.62. The zero-order valence-electron chi connectivity index (χ0n) is 9.33. The zero-order valence-corrected chi connectivity index (χ0v) is 9.33. The van der Waals surface area contributed by atoms with Crippen LogP contribution in [0, 0.1) is 6.92 Å². The molecule has 3 nitrogen and oxygen atoms in total. The van der Waals surface area contributed by atoms with E-state index in [-0.39, 0.29) is 0 Å². The van der Waals surface area contributed by atoms with Crippen LogP contribution >= 0.6 is 0 Å². The summed E-state index contributed by atoms with van der Waals surface area (Å²) in [4.78, 5) is 3.29. The maximum absolute atomic E-state index is 10.3. The number of aromatic nitrogens is 1. The van der Waals surface area contributed by atoms with Crippen molar-refractivity contribution >= 4 is 10.9 Å². The molecule has 2 aromatic rings. The van der Waals surface area contributed by atoms with Gasteiger partial charge in [0.1, 0.15) is 0 Å². The van der Waals surface area contributed by atoms with Crippen LogP contribution in [-0.2, 0) is 0 Å². The smallest absolute Gasteiger partial charge is 0.0992 e. The maximum atomic E-state index is 10.3. The quantitative estimate of drug-likeness (QED) is 0.719. The van der Waals surface area contributed by atoms with Gasteiger partial charge in [0.15, 0.2) is 0 Å². The number of para-hydroxylation sites is 1. The van der Waals surface area contributed by atoms with Gasteiger partial charge in [-0.05, 0) is 25.8 Å². The molecule has 3 heteroatoms. The summed E-state index contributed by atoms with van der Waals surface area (Å²) in [6, 6.07) is 8.03. The van der Waals surface area contributed by atoms with Gasteiger partial charge < -0.3 is 15.8 Å². The van der Waals surface area contributed by atoms with Crippen molar-refractivity contribution in [2.24, 2.45) is 5.73 Å². The van der Waals surface area contributed by atoms with Crippen molar-refractivity contribution in [3.05, 3.63) is 35.5 Å². The number of aliphatic hydroxyl groups is 1. The molecule has 1 aromatic carbocycles. The number of H-pyrrole nitrogens is 1. The first-order valence-electron chi connectivity index (χ1n) is 5.66. The second-order valence-electron chi connectivity index (χ2n) is 4.84. The maximum Gasteiger partial charge on any atom is 0.0992 e. The molecular formula is C13H16N2O. The number of nitrogens with two attached hydrogens (primary N) is 1. The van der Waals surface area contributed by atoms with E-state index in [1.807, 2.05) is 31.2 Å². The Bertz CT molecular complexity index is 540. The van der Waals surface area contributed by atoms with Crippen LogP contribution in [0.15, 0.2) is 24.3 Å². The molecule has 0 amide bonds. The Labute approximate surface area is 94.3 Å². The fourth-order valence-corrected chi connectivity index (χ4v) is 2.36. The minimum atomic E-state index is -0.552. The van der Waals surface area contributed by atoms with Crippen molar-refractivity contribution in [2.45, 2.75) is 31.4 Å². The molecule has 1 fully saturated rings. The lowest BCUT2D eigenvalue weighted by Gasteiger charge is -2.18. The molecule has 0 radical (unpaired) electrons. The molecule has 1 aromatic heterocycles. The SMILES string of the molecule is Cc1[nH]c2ccccc2c1C(O)C1(N)CC1. The van der Waals surface area contributed by atoms with Gasteiger partial charge in [0.25, 0.3) is 0 Å². The number of benzene rings is 1. The van der Waals surface area contributed by atoms with Gasteiger partial charge in [-0.1, -0.05) is 18.2 Å². The fraction of sp³-hybridized carbons (Fsp3) is 0.385. The molecule has 1 heterocycles. The van der Waals surface area contributed by atoms with E-state index in [0.29, 0.717) is 0 Å². The van der Waals surface area contributed by atoms with Crippen molar-refractivity contribution in [1.82, 2.24) is 4.98 Å². The molecule has 16 heavy (non-hydrogen) atoms. The number of aromatic amines is 1. The van der Waals surface area contributed by atoms with Gasteiger partial charge >= 0.3 is 0 Å². The molecule has 0 bridgehead atoms. The molecule has 1 atom stereocenters. The number of fused-ring (bicyclic) bond motifs is 1. The Hall–Kier alpha value is -1.32. The van der Waals surface area contributed by atoms with Gasteiger partial charge in [-0.2, -0.15) is 0 Å². The monoisotopic (exact) mass is 216 g/mol. The van der Waals surface area contributed by atoms with E-state index in [1.54, 1.807) is 0 Å². The van der Waals surface area contributed by atoms with Crippen LogP contribution < -0.4 is 5.73 Å². The minimum absolute atomic E-state index is 0.393. The van der Waals surface area contributed by atoms with Gasteiger partial charge in [-0.3, -0.25) is 0 Å². The predicted molar refractivity (Wildman–Crippen MR) is 64.1 cm³/mol. The highest BCUT2D eigenvalue weighted by atomic mass is 16.3. The molecule has 1 aliphatic carbocycles. The number of nitrogens with one attached hydrogen (secondary N) is 1. The standard InChI is InChI=1S/C13H16N2O/c1-8-11(12(16)13(14)6-7-13)9-4-2-3-5-10(9)15-8/h2-5,12,15-16H,6-7,14H2,1H3. The molecule has 1 aliphatic rings. The number of aryl methyl sites for hydroxylation is 1. The van der Waals surface area contributed by atoms with Gasteiger partial charge in [0.05, 0.1) is 6.10 Å². The van der Waals surface area contributed by atoms with Crippen LogP contribution in [0.1, 0.15) is 30.2 Å². The van der Waals surface area contributed by atoms with Crippen molar-refractivity contribution < 1.29 is 5.11 Å². The third-order valence-corrected chi connectivity index (χ3v) is 3.59. The van der Waals surface area contributed by atoms with Crippen LogP contribution in [0.2, 0.25) is 0 Å². The summed E-state index contributed by atoms with van der Waals surface area (Å²) in [5.41, 5.74) is 8.74. The highest BCUT2D eigenvalue weighted by Crippen LogP contribution is 2.45. The summed E-state index contributed by atoms with van der Waals surface area (Å²) in [5, 5.41) is 11.4. The van der Waals surface area contributed by atoms with Crippen molar-refractivity contribution in [3.63, 3.8) is 0 Å². The predicted octanol–water partition coefficient (Wildman–Crippen LogP) is 2.00. The number of hydrogen-bond donors (Lipinski definition) is 3. The van der Waals surface area contributed by atoms with Crippen molar-refractivity contribution in [1.29, 1.82) is 0 Å². The van der Waals surface area contributed by atoms with Crippen LogP contribution in [-0.4, -0.2) is 15.6 Å². The van der Waals surface area contributed by atoms with Crippen molar-refractivity contribution in [2.75, 3.05) is 0 Å². The first kappa shape index (κ1) is 9.87. The topological polar surface area (TPSA) is 62.0 Å². The van der Waals surface area contributed by atoms with Crippen LogP contribution in [0.25, 0.3) is 10.9 Å². The van der Waals surface area contributed by atoms with Crippen LogP contribution in [0.5, 0.6) is 0 Å². The summed E-state index contributed by atoms with van der Waals surface area (Å²) in [6.07, 6.45) is 1.27. The van der Waals surface area contributed by atoms with Gasteiger partial charge in [-0.15, -0.1) is 0 Å². The minimum Gasteiger partial charge on any atom is -0.386 e. The summed E-state index contributed by atoms with van der Waals surface area (Å²) in [6.45, 7) is 1.99. The molecule has 4 N–H and O–H groups in total. The highest BCUT2D eigenvalue weighted by molar-refractivity contribution is 5.85. The van der Waals surface area contributed by atoms with E-state index >= 15 is 0 Å². The average Bonchev–Trinajstić information content (AvgIpc) is 2.92.